The second-order valence-corrected chi connectivity index (χ2v) is 12.6. The second-order valence-electron chi connectivity index (χ2n) is 9.51. The third kappa shape index (κ3) is 21.7. The number of unbranched alkanes of at least 4 members (excludes halogenated alkanes) is 12. The number of hydrogen-bond acceptors (Lipinski definition) is 6. The molecule has 8 heteroatoms. The third-order valence-corrected chi connectivity index (χ3v) is 8.61. The molecule has 0 aromatic rings. The number of rotatable bonds is 26. The van der Waals surface area contributed by atoms with E-state index in [1.165, 1.54) is 102 Å². The van der Waals surface area contributed by atoms with Crippen molar-refractivity contribution in [2.45, 2.75) is 142 Å². The van der Waals surface area contributed by atoms with Crippen molar-refractivity contribution in [2.75, 3.05) is 25.6 Å². The summed E-state index contributed by atoms with van der Waals surface area (Å²) in [5.41, 5.74) is -1.21. The van der Waals surface area contributed by atoms with Gasteiger partial charge >= 0.3 is 13.3 Å². The van der Waals surface area contributed by atoms with Gasteiger partial charge in [-0.25, -0.2) is 9.36 Å². The molecule has 0 saturated heterocycles. The van der Waals surface area contributed by atoms with Gasteiger partial charge in [-0.05, 0) is 38.9 Å². The van der Waals surface area contributed by atoms with E-state index in [4.69, 9.17) is 9.26 Å². The molecule has 0 aromatic heterocycles. The summed E-state index contributed by atoms with van der Waals surface area (Å²) in [4.78, 5) is 21.1. The van der Waals surface area contributed by atoms with Gasteiger partial charge in [0.25, 0.3) is 0 Å². The molecule has 0 aromatic carbocycles. The highest BCUT2D eigenvalue weighted by Gasteiger charge is 2.33. The molecule has 0 radical (unpaired) electrons. The second kappa shape index (κ2) is 24.3. The van der Waals surface area contributed by atoms with Gasteiger partial charge in [-0.2, -0.15) is 11.8 Å². The zero-order valence-corrected chi connectivity index (χ0v) is 24.9. The van der Waals surface area contributed by atoms with Crippen LogP contribution in [-0.4, -0.2) is 47.5 Å². The molecule has 3 unspecified atom stereocenters. The van der Waals surface area contributed by atoms with E-state index in [1.54, 1.807) is 13.8 Å². The molecule has 0 amide bonds. The van der Waals surface area contributed by atoms with Crippen LogP contribution in [0.25, 0.3) is 0 Å². The topological polar surface area (TPSA) is 82.1 Å². The molecule has 6 nitrogen and oxygen atoms in total. The van der Waals surface area contributed by atoms with Crippen LogP contribution in [0.3, 0.4) is 0 Å². The van der Waals surface area contributed by atoms with Crippen molar-refractivity contribution in [3.8, 4) is 0 Å². The number of carbonyl (C=O) groups is 1. The molecule has 35 heavy (non-hydrogen) atoms. The Kier molecular flexibility index (Phi) is 24.2. The van der Waals surface area contributed by atoms with Crippen LogP contribution in [0.2, 0.25) is 0 Å². The van der Waals surface area contributed by atoms with Gasteiger partial charge in [0.15, 0.2) is 0 Å². The first-order chi connectivity index (χ1) is 16.9. The normalized spacial score (nSPS) is 15.0. The molecular formula is C27H55O6PS. The number of carbonyl (C=O) groups excluding carboxylic acids is 1. The lowest BCUT2D eigenvalue weighted by Gasteiger charge is -2.19. The van der Waals surface area contributed by atoms with Crippen LogP contribution in [0, 0.1) is 0 Å². The van der Waals surface area contributed by atoms with Gasteiger partial charge in [0.2, 0.25) is 0 Å². The van der Waals surface area contributed by atoms with Gasteiger partial charge in [0.1, 0.15) is 0 Å². The van der Waals surface area contributed by atoms with E-state index in [0.29, 0.717) is 11.9 Å². The van der Waals surface area contributed by atoms with Gasteiger partial charge in [-0.15, -0.1) is 0 Å². The quantitative estimate of drug-likeness (QED) is 0.0868. The molecule has 210 valence electrons. The first kappa shape index (κ1) is 34.9. The third-order valence-electron chi connectivity index (χ3n) is 6.06. The Labute approximate surface area is 220 Å². The average molecular weight is 539 g/mol. The summed E-state index contributed by atoms with van der Waals surface area (Å²) >= 11 is 2.08. The fourth-order valence-electron chi connectivity index (χ4n) is 3.86. The molecular weight excluding hydrogens is 483 g/mol. The summed E-state index contributed by atoms with van der Waals surface area (Å²) in [7, 11) is -4.41. The van der Waals surface area contributed by atoms with Gasteiger partial charge in [-0.3, -0.25) is 4.52 Å². The first-order valence-corrected chi connectivity index (χ1v) is 16.9. The van der Waals surface area contributed by atoms with Crippen LogP contribution in [0.15, 0.2) is 0 Å². The molecule has 0 fully saturated rings. The van der Waals surface area contributed by atoms with Crippen molar-refractivity contribution < 1.29 is 28.3 Å². The molecule has 0 bridgehead atoms. The Hall–Kier alpha value is -0.0700. The minimum absolute atomic E-state index is 0.0370. The molecule has 3 atom stereocenters. The van der Waals surface area contributed by atoms with E-state index in [9.17, 15) is 14.3 Å². The minimum atomic E-state index is -4.41. The first-order valence-electron chi connectivity index (χ1n) is 14.2. The van der Waals surface area contributed by atoms with E-state index in [-0.39, 0.29) is 19.3 Å². The van der Waals surface area contributed by atoms with Crippen molar-refractivity contribution >= 4 is 25.1 Å². The predicted octanol–water partition coefficient (Wildman–Crippen LogP) is 9.13. The zero-order valence-electron chi connectivity index (χ0n) is 23.1. The van der Waals surface area contributed by atoms with Gasteiger partial charge in [0.05, 0.1) is 19.3 Å². The summed E-state index contributed by atoms with van der Waals surface area (Å²) in [6.07, 6.45) is 20.5. The molecule has 0 aliphatic heterocycles. The van der Waals surface area contributed by atoms with Gasteiger partial charge in [-0.1, -0.05) is 97.3 Å². The highest BCUT2D eigenvalue weighted by Crippen LogP contribution is 2.44. The van der Waals surface area contributed by atoms with Gasteiger partial charge in [0, 0.05) is 11.9 Å². The summed E-state index contributed by atoms with van der Waals surface area (Å²) in [5, 5.41) is 0.585. The van der Waals surface area contributed by atoms with E-state index in [1.807, 2.05) is 0 Å². The summed E-state index contributed by atoms with van der Waals surface area (Å²) in [5.74, 6) is 1.21. The van der Waals surface area contributed by atoms with E-state index in [0.717, 1.165) is 6.42 Å². The van der Waals surface area contributed by atoms with E-state index >= 15 is 0 Å². The van der Waals surface area contributed by atoms with Gasteiger partial charge < -0.3 is 14.4 Å². The SMILES string of the molecule is CCCCCCCCCCCSC(CCCCCCC)CCOC(C)COP(=O)(O)C(=O)OCC. The molecule has 1 N–H and O–H groups in total. The molecule has 0 rings (SSSR count). The van der Waals surface area contributed by atoms with Crippen LogP contribution in [0.4, 0.5) is 4.79 Å². The monoisotopic (exact) mass is 538 g/mol. The van der Waals surface area contributed by atoms with Crippen molar-refractivity contribution in [1.82, 2.24) is 0 Å². The van der Waals surface area contributed by atoms with Crippen molar-refractivity contribution in [3.05, 3.63) is 0 Å². The molecule has 0 heterocycles. The van der Waals surface area contributed by atoms with Crippen molar-refractivity contribution in [2.24, 2.45) is 0 Å². The summed E-state index contributed by atoms with van der Waals surface area (Å²) in [6.45, 7) is 8.40. The number of hydrogen-bond donors (Lipinski definition) is 1. The highest BCUT2D eigenvalue weighted by atomic mass is 32.2. The fourth-order valence-corrected chi connectivity index (χ4v) is 5.97. The maximum absolute atomic E-state index is 11.9. The van der Waals surface area contributed by atoms with Crippen LogP contribution >= 0.6 is 19.4 Å². The lowest BCUT2D eigenvalue weighted by Crippen LogP contribution is -2.19. The molecule has 0 aliphatic carbocycles. The lowest BCUT2D eigenvalue weighted by molar-refractivity contribution is 0.0275. The van der Waals surface area contributed by atoms with Crippen LogP contribution in [-0.2, 0) is 18.6 Å². The Morgan fingerprint density at radius 1 is 0.829 bits per heavy atom. The Morgan fingerprint density at radius 3 is 1.94 bits per heavy atom. The summed E-state index contributed by atoms with van der Waals surface area (Å²) < 4.78 is 27.2. The maximum atomic E-state index is 11.9. The number of ether oxygens (including phenoxy) is 2. The molecule has 0 spiro atoms. The molecule has 0 aliphatic rings. The maximum Gasteiger partial charge on any atom is 0.435 e. The predicted molar refractivity (Wildman–Crippen MR) is 150 cm³/mol. The smallest absolute Gasteiger partial charge is 0.435 e. The number of thioether (sulfide) groups is 1. The Balaban J connectivity index is 4.17. The van der Waals surface area contributed by atoms with Crippen LogP contribution in [0.5, 0.6) is 0 Å². The van der Waals surface area contributed by atoms with Crippen LogP contribution < -0.4 is 0 Å². The van der Waals surface area contributed by atoms with E-state index in [2.05, 4.69) is 30.3 Å². The minimum Gasteiger partial charge on any atom is -0.457 e. The van der Waals surface area contributed by atoms with Crippen molar-refractivity contribution in [3.63, 3.8) is 0 Å². The van der Waals surface area contributed by atoms with E-state index < -0.39 is 13.3 Å². The largest absolute Gasteiger partial charge is 0.457 e. The standard InChI is InChI=1S/C27H55O6PS/c1-5-8-10-12-13-14-15-17-19-23-35-26(20-18-16-11-9-6-2)21-22-32-25(4)24-33-34(29,30)27(28)31-7-3/h25-26H,5-24H2,1-4H3,(H,29,30). The highest BCUT2D eigenvalue weighted by molar-refractivity contribution is 7.99. The lowest BCUT2D eigenvalue weighted by atomic mass is 10.1. The fraction of sp³-hybridized carbons (Fsp3) is 0.963. The average Bonchev–Trinajstić information content (AvgIpc) is 2.83. The zero-order chi connectivity index (χ0) is 26.2. The van der Waals surface area contributed by atoms with Crippen molar-refractivity contribution in [1.29, 1.82) is 0 Å². The summed E-state index contributed by atoms with van der Waals surface area (Å²) in [6, 6.07) is 0. The Bertz CT molecular complexity index is 534. The Morgan fingerprint density at radius 2 is 1.37 bits per heavy atom. The molecule has 0 saturated carbocycles. The van der Waals surface area contributed by atoms with Crippen LogP contribution in [0.1, 0.15) is 130 Å².